The second-order valence-electron chi connectivity index (χ2n) is 3.66. The molecule has 0 atom stereocenters. The zero-order valence-electron chi connectivity index (χ0n) is 9.97. The zero-order chi connectivity index (χ0) is 12.4. The molecule has 1 heterocycles. The number of nitrogens with one attached hydrogen (secondary N) is 2. The Labute approximate surface area is 105 Å². The van der Waals surface area contributed by atoms with Crippen molar-refractivity contribution in [3.05, 3.63) is 28.9 Å². The van der Waals surface area contributed by atoms with Crippen LogP contribution in [0.5, 0.6) is 5.75 Å². The van der Waals surface area contributed by atoms with Crippen molar-refractivity contribution < 1.29 is 4.74 Å². The molecule has 1 aromatic heterocycles. The molecule has 4 nitrogen and oxygen atoms in total. The molecule has 1 aromatic carbocycles. The van der Waals surface area contributed by atoms with Gasteiger partial charge in [-0.3, -0.25) is 0 Å². The number of nitrogens with zero attached hydrogens (tertiary/aromatic N) is 1. The van der Waals surface area contributed by atoms with Crippen molar-refractivity contribution in [2.24, 2.45) is 0 Å². The molecule has 0 aliphatic rings. The summed E-state index contributed by atoms with van der Waals surface area (Å²) in [5.41, 5.74) is 2.85. The molecule has 0 fully saturated rings. The van der Waals surface area contributed by atoms with Crippen LogP contribution in [0.25, 0.3) is 11.3 Å². The van der Waals surface area contributed by atoms with E-state index in [4.69, 9.17) is 16.3 Å². The first-order valence-corrected chi connectivity index (χ1v) is 5.61. The van der Waals surface area contributed by atoms with Crippen LogP contribution in [0.4, 0.5) is 5.95 Å². The van der Waals surface area contributed by atoms with Crippen LogP contribution in [0.1, 0.15) is 5.69 Å². The Bertz CT molecular complexity index is 537. The third-order valence-corrected chi connectivity index (χ3v) is 2.84. The summed E-state index contributed by atoms with van der Waals surface area (Å²) in [6, 6.07) is 5.63. The molecule has 17 heavy (non-hydrogen) atoms. The van der Waals surface area contributed by atoms with Crippen LogP contribution in [0.2, 0.25) is 5.02 Å². The van der Waals surface area contributed by atoms with Crippen LogP contribution in [0, 0.1) is 6.92 Å². The molecule has 90 valence electrons. The zero-order valence-corrected chi connectivity index (χ0v) is 10.7. The van der Waals surface area contributed by atoms with Gasteiger partial charge in [-0.2, -0.15) is 0 Å². The smallest absolute Gasteiger partial charge is 0.200 e. The number of aryl methyl sites for hydroxylation is 1. The minimum absolute atomic E-state index is 0.582. The Morgan fingerprint density at radius 3 is 2.71 bits per heavy atom. The highest BCUT2D eigenvalue weighted by Gasteiger charge is 2.10. The predicted molar refractivity (Wildman–Crippen MR) is 69.9 cm³/mol. The van der Waals surface area contributed by atoms with Gasteiger partial charge < -0.3 is 15.0 Å². The molecule has 0 aliphatic carbocycles. The SMILES string of the molecule is CNc1nc(-c2ccc(OC)c(Cl)c2)c(C)[nH]1. The van der Waals surface area contributed by atoms with E-state index in [1.54, 1.807) is 7.11 Å². The third-order valence-electron chi connectivity index (χ3n) is 2.55. The first-order valence-electron chi connectivity index (χ1n) is 5.24. The average Bonchev–Trinajstić information content (AvgIpc) is 2.70. The Morgan fingerprint density at radius 2 is 2.18 bits per heavy atom. The number of H-pyrrole nitrogens is 1. The molecule has 2 aromatic rings. The minimum Gasteiger partial charge on any atom is -0.495 e. The van der Waals surface area contributed by atoms with E-state index < -0.39 is 0 Å². The van der Waals surface area contributed by atoms with Crippen LogP contribution >= 0.6 is 11.6 Å². The fraction of sp³-hybridized carbons (Fsp3) is 0.250. The Kier molecular flexibility index (Phi) is 3.24. The normalized spacial score (nSPS) is 10.4. The highest BCUT2D eigenvalue weighted by atomic mass is 35.5. The van der Waals surface area contributed by atoms with Gasteiger partial charge in [0.1, 0.15) is 5.75 Å². The van der Waals surface area contributed by atoms with Crippen LogP contribution in [0.15, 0.2) is 18.2 Å². The molecule has 0 spiro atoms. The van der Waals surface area contributed by atoms with Gasteiger partial charge in [-0.05, 0) is 25.1 Å². The van der Waals surface area contributed by atoms with E-state index in [0.29, 0.717) is 10.8 Å². The first kappa shape index (κ1) is 11.8. The monoisotopic (exact) mass is 251 g/mol. The van der Waals surface area contributed by atoms with Gasteiger partial charge in [-0.15, -0.1) is 0 Å². The quantitative estimate of drug-likeness (QED) is 0.881. The van der Waals surface area contributed by atoms with Crippen molar-refractivity contribution in [1.82, 2.24) is 9.97 Å². The third kappa shape index (κ3) is 2.22. The summed E-state index contributed by atoms with van der Waals surface area (Å²) < 4.78 is 5.12. The molecule has 0 unspecified atom stereocenters. The largest absolute Gasteiger partial charge is 0.495 e. The molecule has 0 bridgehead atoms. The van der Waals surface area contributed by atoms with E-state index in [9.17, 15) is 0 Å². The standard InChI is InChI=1S/C12H14ClN3O/c1-7-11(16-12(14-2)15-7)8-4-5-10(17-3)9(13)6-8/h4-6H,1-3H3,(H2,14,15,16). The lowest BCUT2D eigenvalue weighted by Gasteiger charge is -2.04. The number of ether oxygens (including phenoxy) is 1. The van der Waals surface area contributed by atoms with Crippen molar-refractivity contribution in [1.29, 1.82) is 0 Å². The Balaban J connectivity index is 2.45. The average molecular weight is 252 g/mol. The van der Waals surface area contributed by atoms with Crippen molar-refractivity contribution in [3.63, 3.8) is 0 Å². The lowest BCUT2D eigenvalue weighted by atomic mass is 10.1. The molecule has 2 rings (SSSR count). The molecule has 0 amide bonds. The first-order chi connectivity index (χ1) is 8.15. The van der Waals surface area contributed by atoms with Crippen molar-refractivity contribution in [2.45, 2.75) is 6.92 Å². The van der Waals surface area contributed by atoms with Crippen molar-refractivity contribution in [2.75, 3.05) is 19.5 Å². The van der Waals surface area contributed by atoms with Crippen molar-refractivity contribution >= 4 is 17.5 Å². The van der Waals surface area contributed by atoms with Gasteiger partial charge in [0, 0.05) is 18.3 Å². The summed E-state index contributed by atoms with van der Waals surface area (Å²) in [7, 11) is 3.42. The summed E-state index contributed by atoms with van der Waals surface area (Å²) >= 11 is 6.09. The maximum absolute atomic E-state index is 6.09. The number of benzene rings is 1. The van der Waals surface area contributed by atoms with Crippen LogP contribution in [0.3, 0.4) is 0 Å². The number of aromatic amines is 1. The van der Waals surface area contributed by atoms with Crippen molar-refractivity contribution in [3.8, 4) is 17.0 Å². The molecular formula is C12H14ClN3O. The van der Waals surface area contributed by atoms with E-state index in [1.807, 2.05) is 32.2 Å². The number of anilines is 1. The van der Waals surface area contributed by atoms with E-state index in [2.05, 4.69) is 15.3 Å². The second kappa shape index (κ2) is 4.67. The summed E-state index contributed by atoms with van der Waals surface area (Å²) in [6.45, 7) is 1.97. The topological polar surface area (TPSA) is 49.9 Å². The number of hydrogen-bond donors (Lipinski definition) is 2. The maximum atomic E-state index is 6.09. The molecule has 0 saturated carbocycles. The fourth-order valence-electron chi connectivity index (χ4n) is 1.67. The van der Waals surface area contributed by atoms with Gasteiger partial charge in [0.05, 0.1) is 17.8 Å². The molecule has 0 saturated heterocycles. The highest BCUT2D eigenvalue weighted by Crippen LogP contribution is 2.31. The van der Waals surface area contributed by atoms with Gasteiger partial charge in [0.25, 0.3) is 0 Å². The predicted octanol–water partition coefficient (Wildman–Crippen LogP) is 3.09. The number of aromatic nitrogens is 2. The number of hydrogen-bond acceptors (Lipinski definition) is 3. The lowest BCUT2D eigenvalue weighted by molar-refractivity contribution is 0.415. The molecule has 0 aliphatic heterocycles. The van der Waals surface area contributed by atoms with E-state index in [0.717, 1.165) is 22.9 Å². The molecule has 5 heteroatoms. The van der Waals surface area contributed by atoms with Crippen LogP contribution < -0.4 is 10.1 Å². The van der Waals surface area contributed by atoms with Gasteiger partial charge in [-0.25, -0.2) is 4.98 Å². The minimum atomic E-state index is 0.582. The van der Waals surface area contributed by atoms with Gasteiger partial charge >= 0.3 is 0 Å². The van der Waals surface area contributed by atoms with E-state index in [-0.39, 0.29) is 0 Å². The van der Waals surface area contributed by atoms with E-state index >= 15 is 0 Å². The van der Waals surface area contributed by atoms with Gasteiger partial charge in [0.15, 0.2) is 0 Å². The Morgan fingerprint density at radius 1 is 1.41 bits per heavy atom. The molecule has 2 N–H and O–H groups in total. The number of imidazole rings is 1. The lowest BCUT2D eigenvalue weighted by Crippen LogP contribution is -1.89. The number of halogens is 1. The summed E-state index contributed by atoms with van der Waals surface area (Å²) in [4.78, 5) is 7.57. The molecule has 0 radical (unpaired) electrons. The highest BCUT2D eigenvalue weighted by molar-refractivity contribution is 6.32. The summed E-state index contributed by atoms with van der Waals surface area (Å²) in [5.74, 6) is 1.40. The number of rotatable bonds is 3. The molecular weight excluding hydrogens is 238 g/mol. The fourth-order valence-corrected chi connectivity index (χ4v) is 1.93. The maximum Gasteiger partial charge on any atom is 0.200 e. The van der Waals surface area contributed by atoms with E-state index in [1.165, 1.54) is 0 Å². The second-order valence-corrected chi connectivity index (χ2v) is 4.07. The van der Waals surface area contributed by atoms with Gasteiger partial charge in [0.2, 0.25) is 5.95 Å². The van der Waals surface area contributed by atoms with Gasteiger partial charge in [-0.1, -0.05) is 11.6 Å². The van der Waals surface area contributed by atoms with Crippen LogP contribution in [-0.2, 0) is 0 Å². The number of methoxy groups -OCH3 is 1. The Hall–Kier alpha value is -1.68. The van der Waals surface area contributed by atoms with Crippen LogP contribution in [-0.4, -0.2) is 24.1 Å². The summed E-state index contributed by atoms with van der Waals surface area (Å²) in [5, 5.41) is 3.55. The summed E-state index contributed by atoms with van der Waals surface area (Å²) in [6.07, 6.45) is 0.